The lowest BCUT2D eigenvalue weighted by atomic mass is 10.2. The molecule has 1 aliphatic rings. The van der Waals surface area contributed by atoms with E-state index in [4.69, 9.17) is 4.52 Å². The minimum Gasteiger partial charge on any atom is -0.337 e. The van der Waals surface area contributed by atoms with E-state index in [-0.39, 0.29) is 6.04 Å². The highest BCUT2D eigenvalue weighted by Crippen LogP contribution is 2.23. The van der Waals surface area contributed by atoms with Crippen LogP contribution in [0.15, 0.2) is 22.9 Å². The van der Waals surface area contributed by atoms with Crippen LogP contribution in [0.1, 0.15) is 30.3 Å². The third-order valence-corrected chi connectivity index (χ3v) is 2.94. The van der Waals surface area contributed by atoms with E-state index in [2.05, 4.69) is 20.4 Å². The van der Waals surface area contributed by atoms with Crippen LogP contribution in [0, 0.1) is 6.92 Å². The van der Waals surface area contributed by atoms with Crippen molar-refractivity contribution < 1.29 is 4.52 Å². The van der Waals surface area contributed by atoms with Gasteiger partial charge in [0.2, 0.25) is 11.7 Å². The molecule has 0 aliphatic carbocycles. The van der Waals surface area contributed by atoms with Crippen LogP contribution in [-0.2, 0) is 0 Å². The van der Waals surface area contributed by atoms with Crippen LogP contribution < -0.4 is 5.32 Å². The lowest BCUT2D eigenvalue weighted by Gasteiger charge is -2.01. The van der Waals surface area contributed by atoms with Gasteiger partial charge in [0, 0.05) is 6.20 Å². The lowest BCUT2D eigenvalue weighted by molar-refractivity contribution is 0.345. The van der Waals surface area contributed by atoms with Gasteiger partial charge in [0.25, 0.3) is 0 Å². The quantitative estimate of drug-likeness (QED) is 0.853. The maximum absolute atomic E-state index is 5.28. The summed E-state index contributed by atoms with van der Waals surface area (Å²) in [4.78, 5) is 8.65. The molecule has 0 aromatic carbocycles. The molecule has 0 amide bonds. The lowest BCUT2D eigenvalue weighted by Crippen LogP contribution is -2.12. The van der Waals surface area contributed by atoms with E-state index in [1.54, 1.807) is 6.20 Å². The molecule has 0 bridgehead atoms. The number of hydrogen-bond donors (Lipinski definition) is 1. The Labute approximate surface area is 99.3 Å². The highest BCUT2D eigenvalue weighted by molar-refractivity contribution is 5.48. The molecule has 2 aromatic heterocycles. The van der Waals surface area contributed by atoms with Crippen molar-refractivity contribution in [3.63, 3.8) is 0 Å². The topological polar surface area (TPSA) is 63.8 Å². The molecule has 1 unspecified atom stereocenters. The van der Waals surface area contributed by atoms with E-state index < -0.39 is 0 Å². The van der Waals surface area contributed by atoms with Gasteiger partial charge < -0.3 is 9.84 Å². The van der Waals surface area contributed by atoms with Crippen molar-refractivity contribution in [2.75, 3.05) is 6.54 Å². The Balaban J connectivity index is 1.89. The van der Waals surface area contributed by atoms with Crippen molar-refractivity contribution >= 4 is 0 Å². The summed E-state index contributed by atoms with van der Waals surface area (Å²) in [7, 11) is 0. The molecule has 2 aromatic rings. The molecule has 17 heavy (non-hydrogen) atoms. The third kappa shape index (κ3) is 2.06. The van der Waals surface area contributed by atoms with Gasteiger partial charge in [-0.2, -0.15) is 4.98 Å². The summed E-state index contributed by atoms with van der Waals surface area (Å²) in [6, 6.07) is 4.11. The van der Waals surface area contributed by atoms with Crippen LogP contribution in [0.25, 0.3) is 11.5 Å². The summed E-state index contributed by atoms with van der Waals surface area (Å²) in [5.41, 5.74) is 1.90. The van der Waals surface area contributed by atoms with Gasteiger partial charge in [-0.15, -0.1) is 0 Å². The zero-order chi connectivity index (χ0) is 11.7. The first-order valence-corrected chi connectivity index (χ1v) is 5.83. The Morgan fingerprint density at radius 3 is 3.18 bits per heavy atom. The van der Waals surface area contributed by atoms with Gasteiger partial charge in [0.15, 0.2) is 0 Å². The molecule has 1 aliphatic heterocycles. The fourth-order valence-corrected chi connectivity index (χ4v) is 2.03. The SMILES string of the molecule is Cc1ccnc(-c2noc(C3CCCN3)n2)c1. The van der Waals surface area contributed by atoms with Crippen molar-refractivity contribution in [3.8, 4) is 11.5 Å². The monoisotopic (exact) mass is 230 g/mol. The summed E-state index contributed by atoms with van der Waals surface area (Å²) >= 11 is 0. The first-order valence-electron chi connectivity index (χ1n) is 5.83. The predicted molar refractivity (Wildman–Crippen MR) is 62.2 cm³/mol. The van der Waals surface area contributed by atoms with Gasteiger partial charge in [-0.05, 0) is 44.0 Å². The van der Waals surface area contributed by atoms with Crippen molar-refractivity contribution in [1.82, 2.24) is 20.4 Å². The molecule has 3 heterocycles. The van der Waals surface area contributed by atoms with E-state index in [1.807, 2.05) is 19.1 Å². The Hall–Kier alpha value is -1.75. The number of nitrogens with zero attached hydrogens (tertiary/aromatic N) is 3. The second-order valence-corrected chi connectivity index (χ2v) is 4.32. The maximum atomic E-state index is 5.28. The number of aromatic nitrogens is 3. The van der Waals surface area contributed by atoms with Crippen LogP contribution >= 0.6 is 0 Å². The zero-order valence-electron chi connectivity index (χ0n) is 9.68. The number of nitrogens with one attached hydrogen (secondary N) is 1. The number of hydrogen-bond acceptors (Lipinski definition) is 5. The van der Waals surface area contributed by atoms with Crippen molar-refractivity contribution in [1.29, 1.82) is 0 Å². The van der Waals surface area contributed by atoms with E-state index in [0.29, 0.717) is 11.7 Å². The van der Waals surface area contributed by atoms with Gasteiger partial charge in [0.05, 0.1) is 6.04 Å². The zero-order valence-corrected chi connectivity index (χ0v) is 9.68. The maximum Gasteiger partial charge on any atom is 0.244 e. The normalized spacial score (nSPS) is 19.7. The molecule has 0 radical (unpaired) electrons. The van der Waals surface area contributed by atoms with Crippen LogP contribution in [0.2, 0.25) is 0 Å². The van der Waals surface area contributed by atoms with Crippen LogP contribution in [0.3, 0.4) is 0 Å². The first-order chi connectivity index (χ1) is 8.33. The molecule has 0 saturated carbocycles. The molecular formula is C12H14N4O. The predicted octanol–water partition coefficient (Wildman–Crippen LogP) is 1.86. The fourth-order valence-electron chi connectivity index (χ4n) is 2.03. The van der Waals surface area contributed by atoms with Crippen LogP contribution in [-0.4, -0.2) is 21.7 Å². The summed E-state index contributed by atoms with van der Waals surface area (Å²) < 4.78 is 5.28. The first kappa shape index (κ1) is 10.4. The number of pyridine rings is 1. The Kier molecular flexibility index (Phi) is 2.60. The van der Waals surface area contributed by atoms with Gasteiger partial charge in [-0.25, -0.2) is 0 Å². The molecule has 5 heteroatoms. The summed E-state index contributed by atoms with van der Waals surface area (Å²) in [5.74, 6) is 1.23. The molecule has 5 nitrogen and oxygen atoms in total. The molecule has 0 spiro atoms. The standard InChI is InChI=1S/C12H14N4O/c1-8-4-6-14-10(7-8)11-15-12(17-16-11)9-3-2-5-13-9/h4,6-7,9,13H,2-3,5H2,1H3. The van der Waals surface area contributed by atoms with E-state index >= 15 is 0 Å². The second-order valence-electron chi connectivity index (χ2n) is 4.32. The van der Waals surface area contributed by atoms with E-state index in [0.717, 1.165) is 30.6 Å². The molecule has 3 rings (SSSR count). The second kappa shape index (κ2) is 4.25. The molecule has 1 fully saturated rings. The number of aryl methyl sites for hydroxylation is 1. The van der Waals surface area contributed by atoms with E-state index in [1.165, 1.54) is 0 Å². The average Bonchev–Trinajstić information content (AvgIpc) is 3.00. The van der Waals surface area contributed by atoms with Crippen LogP contribution in [0.5, 0.6) is 0 Å². The van der Waals surface area contributed by atoms with Crippen molar-refractivity contribution in [2.24, 2.45) is 0 Å². The van der Waals surface area contributed by atoms with Gasteiger partial charge in [-0.3, -0.25) is 4.98 Å². The highest BCUT2D eigenvalue weighted by Gasteiger charge is 2.22. The highest BCUT2D eigenvalue weighted by atomic mass is 16.5. The van der Waals surface area contributed by atoms with E-state index in [9.17, 15) is 0 Å². The minimum absolute atomic E-state index is 0.209. The fraction of sp³-hybridized carbons (Fsp3) is 0.417. The number of rotatable bonds is 2. The summed E-state index contributed by atoms with van der Waals surface area (Å²) in [6.45, 7) is 3.04. The smallest absolute Gasteiger partial charge is 0.244 e. The molecular weight excluding hydrogens is 216 g/mol. The molecule has 1 atom stereocenters. The van der Waals surface area contributed by atoms with Gasteiger partial charge in [0.1, 0.15) is 5.69 Å². The van der Waals surface area contributed by atoms with Gasteiger partial charge >= 0.3 is 0 Å². The average molecular weight is 230 g/mol. The Morgan fingerprint density at radius 2 is 2.41 bits per heavy atom. The largest absolute Gasteiger partial charge is 0.337 e. The summed E-state index contributed by atoms with van der Waals surface area (Å²) in [6.07, 6.45) is 3.97. The third-order valence-electron chi connectivity index (χ3n) is 2.94. The minimum atomic E-state index is 0.209. The van der Waals surface area contributed by atoms with Crippen molar-refractivity contribution in [3.05, 3.63) is 29.8 Å². The Morgan fingerprint density at radius 1 is 1.47 bits per heavy atom. The van der Waals surface area contributed by atoms with Crippen LogP contribution in [0.4, 0.5) is 0 Å². The molecule has 1 saturated heterocycles. The van der Waals surface area contributed by atoms with Crippen molar-refractivity contribution in [2.45, 2.75) is 25.8 Å². The molecule has 1 N–H and O–H groups in total. The Bertz CT molecular complexity index is 517. The summed E-state index contributed by atoms with van der Waals surface area (Å²) in [5, 5.41) is 7.32. The van der Waals surface area contributed by atoms with Gasteiger partial charge in [-0.1, -0.05) is 5.16 Å². The molecule has 88 valence electrons.